The molecule has 0 unspecified atom stereocenters. The van der Waals surface area contributed by atoms with Gasteiger partial charge < -0.3 is 10.2 Å². The molecule has 0 aromatic heterocycles. The molecule has 1 aromatic carbocycles. The van der Waals surface area contributed by atoms with E-state index in [0.717, 1.165) is 38.2 Å². The van der Waals surface area contributed by atoms with Crippen LogP contribution in [0.15, 0.2) is 24.3 Å². The molecule has 0 bridgehead atoms. The van der Waals surface area contributed by atoms with E-state index in [4.69, 9.17) is 46.4 Å². The third-order valence-corrected chi connectivity index (χ3v) is 4.33. The summed E-state index contributed by atoms with van der Waals surface area (Å²) in [6, 6.07) is 7.02. The fraction of sp³-hybridized carbons (Fsp3) is 0.600. The van der Waals surface area contributed by atoms with Crippen LogP contribution in [0, 0.1) is 0 Å². The Morgan fingerprint density at radius 2 is 1.67 bits per heavy atom. The summed E-state index contributed by atoms with van der Waals surface area (Å²) in [6.45, 7) is 8.26. The Morgan fingerprint density at radius 3 is 2.14 bits per heavy atom. The first kappa shape index (κ1) is 19.3. The molecule has 0 fully saturated rings. The molecule has 0 aliphatic carbocycles. The van der Waals surface area contributed by atoms with Crippen LogP contribution in [-0.2, 0) is 0 Å². The fourth-order valence-electron chi connectivity index (χ4n) is 2.17. The van der Waals surface area contributed by atoms with Crippen molar-refractivity contribution >= 4 is 46.4 Å². The molecule has 120 valence electrons. The third-order valence-electron chi connectivity index (χ3n) is 3.42. The second kappa shape index (κ2) is 9.44. The maximum Gasteiger partial charge on any atom is 0.209 e. The van der Waals surface area contributed by atoms with E-state index in [2.05, 4.69) is 24.1 Å². The Kier molecular flexibility index (Phi) is 8.70. The zero-order valence-corrected chi connectivity index (χ0v) is 15.4. The number of alkyl halides is 3. The summed E-state index contributed by atoms with van der Waals surface area (Å²) in [5.74, 6) is 0. The summed E-state index contributed by atoms with van der Waals surface area (Å²) in [6.07, 6.45) is 1.01. The van der Waals surface area contributed by atoms with Crippen molar-refractivity contribution in [3.63, 3.8) is 0 Å². The van der Waals surface area contributed by atoms with Gasteiger partial charge in [0, 0.05) is 5.02 Å². The molecule has 0 radical (unpaired) electrons. The molecular weight excluding hydrogens is 350 g/mol. The van der Waals surface area contributed by atoms with Crippen LogP contribution in [0.2, 0.25) is 5.02 Å². The molecule has 0 heterocycles. The van der Waals surface area contributed by atoms with Gasteiger partial charge >= 0.3 is 0 Å². The van der Waals surface area contributed by atoms with Crippen LogP contribution in [0.4, 0.5) is 0 Å². The lowest BCUT2D eigenvalue weighted by Crippen LogP contribution is -2.34. The average Bonchev–Trinajstić information content (AvgIpc) is 2.43. The van der Waals surface area contributed by atoms with E-state index in [9.17, 15) is 0 Å². The SMILES string of the molecule is CCN(CC)CCCN[C@@H](c1ccc(Cl)cc1)C(Cl)(Cl)Cl. The quantitative estimate of drug-likeness (QED) is 0.506. The number of hydrogen-bond donors (Lipinski definition) is 1. The first-order chi connectivity index (χ1) is 9.88. The number of halogens is 4. The van der Waals surface area contributed by atoms with Crippen molar-refractivity contribution in [2.45, 2.75) is 30.1 Å². The van der Waals surface area contributed by atoms with Gasteiger partial charge in [0.15, 0.2) is 0 Å². The number of nitrogens with zero attached hydrogens (tertiary/aromatic N) is 1. The number of nitrogens with one attached hydrogen (secondary N) is 1. The van der Waals surface area contributed by atoms with Crippen LogP contribution in [0.25, 0.3) is 0 Å². The van der Waals surface area contributed by atoms with Gasteiger partial charge in [0.25, 0.3) is 0 Å². The largest absolute Gasteiger partial charge is 0.306 e. The minimum Gasteiger partial charge on any atom is -0.306 e. The van der Waals surface area contributed by atoms with Gasteiger partial charge in [-0.15, -0.1) is 0 Å². The van der Waals surface area contributed by atoms with E-state index in [1.807, 2.05) is 12.1 Å². The Balaban J connectivity index is 2.58. The third kappa shape index (κ3) is 6.94. The van der Waals surface area contributed by atoms with Crippen LogP contribution in [-0.4, -0.2) is 34.9 Å². The topological polar surface area (TPSA) is 15.3 Å². The van der Waals surface area contributed by atoms with Gasteiger partial charge in [-0.2, -0.15) is 0 Å². The van der Waals surface area contributed by atoms with Crippen molar-refractivity contribution in [2.75, 3.05) is 26.2 Å². The minimum atomic E-state index is -1.40. The molecule has 1 rings (SSSR count). The molecule has 21 heavy (non-hydrogen) atoms. The minimum absolute atomic E-state index is 0.350. The van der Waals surface area contributed by atoms with Crippen LogP contribution in [0.5, 0.6) is 0 Å². The predicted molar refractivity (Wildman–Crippen MR) is 94.9 cm³/mol. The summed E-state index contributed by atoms with van der Waals surface area (Å²) >= 11 is 24.2. The lowest BCUT2D eigenvalue weighted by molar-refractivity contribution is 0.295. The highest BCUT2D eigenvalue weighted by molar-refractivity contribution is 6.68. The van der Waals surface area contributed by atoms with E-state index < -0.39 is 3.79 Å². The van der Waals surface area contributed by atoms with Gasteiger partial charge in [-0.05, 0) is 50.3 Å². The van der Waals surface area contributed by atoms with Crippen LogP contribution >= 0.6 is 46.4 Å². The molecule has 0 amide bonds. The molecule has 0 aliphatic heterocycles. The highest BCUT2D eigenvalue weighted by Crippen LogP contribution is 2.39. The molecule has 0 saturated carbocycles. The first-order valence-corrected chi connectivity index (χ1v) is 8.67. The van der Waals surface area contributed by atoms with Crippen LogP contribution < -0.4 is 5.32 Å². The first-order valence-electron chi connectivity index (χ1n) is 7.16. The molecule has 1 atom stereocenters. The number of hydrogen-bond acceptors (Lipinski definition) is 2. The van der Waals surface area contributed by atoms with Gasteiger partial charge in [-0.3, -0.25) is 0 Å². The van der Waals surface area contributed by atoms with Crippen LogP contribution in [0.1, 0.15) is 31.9 Å². The van der Waals surface area contributed by atoms with E-state index in [1.54, 1.807) is 12.1 Å². The molecule has 2 nitrogen and oxygen atoms in total. The van der Waals surface area contributed by atoms with E-state index >= 15 is 0 Å². The molecule has 0 spiro atoms. The summed E-state index contributed by atoms with van der Waals surface area (Å²) in [7, 11) is 0. The van der Waals surface area contributed by atoms with Crippen LogP contribution in [0.3, 0.4) is 0 Å². The smallest absolute Gasteiger partial charge is 0.209 e. The fourth-order valence-corrected chi connectivity index (χ4v) is 2.90. The highest BCUT2D eigenvalue weighted by atomic mass is 35.6. The maximum atomic E-state index is 6.09. The molecular formula is C15H22Cl4N2. The van der Waals surface area contributed by atoms with E-state index in [1.165, 1.54) is 0 Å². The number of benzene rings is 1. The van der Waals surface area contributed by atoms with Crippen molar-refractivity contribution in [1.82, 2.24) is 10.2 Å². The van der Waals surface area contributed by atoms with Gasteiger partial charge in [-0.1, -0.05) is 72.4 Å². The summed E-state index contributed by atoms with van der Waals surface area (Å²) < 4.78 is -1.40. The second-order valence-corrected chi connectivity index (χ2v) is 7.67. The van der Waals surface area contributed by atoms with Crippen molar-refractivity contribution in [1.29, 1.82) is 0 Å². The van der Waals surface area contributed by atoms with Gasteiger partial charge in [0.2, 0.25) is 3.79 Å². The van der Waals surface area contributed by atoms with E-state index in [0.29, 0.717) is 5.02 Å². The molecule has 1 aromatic rings. The average molecular weight is 372 g/mol. The lowest BCUT2D eigenvalue weighted by Gasteiger charge is -2.27. The molecule has 0 aliphatic rings. The molecule has 1 N–H and O–H groups in total. The summed E-state index contributed by atoms with van der Waals surface area (Å²) in [5, 5.41) is 4.00. The standard InChI is InChI=1S/C15H22Cl4N2/c1-3-21(4-2)11-5-10-20-14(15(17,18)19)12-6-8-13(16)9-7-12/h6-9,14,20H,3-5,10-11H2,1-2H3/t14-/m0/s1. The van der Waals surface area contributed by atoms with Gasteiger partial charge in [0.1, 0.15) is 0 Å². The molecule has 6 heteroatoms. The zero-order chi connectivity index (χ0) is 15.9. The Bertz CT molecular complexity index is 399. The maximum absolute atomic E-state index is 6.09. The monoisotopic (exact) mass is 370 g/mol. The van der Waals surface area contributed by atoms with Crippen molar-refractivity contribution in [3.05, 3.63) is 34.9 Å². The van der Waals surface area contributed by atoms with E-state index in [-0.39, 0.29) is 6.04 Å². The normalized spacial score (nSPS) is 13.7. The van der Waals surface area contributed by atoms with Gasteiger partial charge in [0.05, 0.1) is 6.04 Å². The summed E-state index contributed by atoms with van der Waals surface area (Å²) in [5.41, 5.74) is 0.919. The van der Waals surface area contributed by atoms with Crippen molar-refractivity contribution in [2.24, 2.45) is 0 Å². The van der Waals surface area contributed by atoms with Gasteiger partial charge in [-0.25, -0.2) is 0 Å². The number of rotatable bonds is 8. The Hall–Kier alpha value is 0.300. The molecule has 0 saturated heterocycles. The zero-order valence-electron chi connectivity index (χ0n) is 12.4. The van der Waals surface area contributed by atoms with Crippen molar-refractivity contribution < 1.29 is 0 Å². The van der Waals surface area contributed by atoms with Crippen molar-refractivity contribution in [3.8, 4) is 0 Å². The Labute approximate surface area is 147 Å². The predicted octanol–water partition coefficient (Wildman–Crippen LogP) is 5.07. The summed E-state index contributed by atoms with van der Waals surface area (Å²) in [4.78, 5) is 2.37. The highest BCUT2D eigenvalue weighted by Gasteiger charge is 2.33. The second-order valence-electron chi connectivity index (χ2n) is 4.86. The lowest BCUT2D eigenvalue weighted by atomic mass is 10.1. The Morgan fingerprint density at radius 1 is 1.10 bits per heavy atom.